The molecule has 2 aromatic rings. The highest BCUT2D eigenvalue weighted by molar-refractivity contribution is 8.13. The molecule has 3 heterocycles. The highest BCUT2D eigenvalue weighted by Gasteiger charge is 2.50. The molecule has 29 heteroatoms. The number of amides is 2. The Morgan fingerprint density at radius 1 is 1.00 bits per heavy atom. The number of hydrogen-bond donors (Lipinski definition) is 9. The number of ketones is 1. The van der Waals surface area contributed by atoms with Crippen molar-refractivity contribution >= 4 is 74.9 Å². The third kappa shape index (κ3) is 18.9. The van der Waals surface area contributed by atoms with Crippen LogP contribution in [0, 0.1) is 5.41 Å². The lowest BCUT2D eigenvalue weighted by Crippen LogP contribution is -2.46. The predicted octanol–water partition coefficient (Wildman–Crippen LogP) is 2.10. The number of nitrogen functional groups attached to an aromatic ring is 1. The molecule has 1 saturated heterocycles. The van der Waals surface area contributed by atoms with Crippen molar-refractivity contribution in [2.24, 2.45) is 5.41 Å². The molecule has 360 valence electrons. The van der Waals surface area contributed by atoms with E-state index in [4.69, 9.17) is 19.5 Å². The van der Waals surface area contributed by atoms with E-state index >= 15 is 0 Å². The van der Waals surface area contributed by atoms with Gasteiger partial charge in [0.2, 0.25) is 11.8 Å². The Hall–Kier alpha value is -3.29. The van der Waals surface area contributed by atoms with Gasteiger partial charge in [-0.05, 0) is 19.3 Å². The number of hydrogen-bond acceptors (Lipinski definition) is 19. The summed E-state index contributed by atoms with van der Waals surface area (Å²) in [6.07, 6.45) is 5.86. The van der Waals surface area contributed by atoms with E-state index in [-0.39, 0.29) is 66.0 Å². The molecule has 1 fully saturated rings. The van der Waals surface area contributed by atoms with Gasteiger partial charge in [0, 0.05) is 37.1 Å². The molecule has 2 aromatic heterocycles. The van der Waals surface area contributed by atoms with Crippen molar-refractivity contribution in [2.75, 3.05) is 37.8 Å². The smallest absolute Gasteiger partial charge is 0.386 e. The molecular formula is C35H56N7O18P3S. The van der Waals surface area contributed by atoms with E-state index in [1.807, 2.05) is 12.2 Å². The molecule has 0 radical (unpaired) electrons. The van der Waals surface area contributed by atoms with Gasteiger partial charge in [0.15, 0.2) is 22.8 Å². The summed E-state index contributed by atoms with van der Waals surface area (Å²) in [7, 11) is -16.5. The topological polar surface area (TPSA) is 381 Å². The molecule has 25 nitrogen and oxygen atoms in total. The van der Waals surface area contributed by atoms with Crippen molar-refractivity contribution in [3.8, 4) is 0 Å². The lowest BCUT2D eigenvalue weighted by atomic mass is 9.87. The molecule has 0 saturated carbocycles. The van der Waals surface area contributed by atoms with Crippen LogP contribution in [-0.2, 0) is 55.5 Å². The van der Waals surface area contributed by atoms with Crippen LogP contribution in [0.25, 0.3) is 11.2 Å². The average Bonchev–Trinajstić information content (AvgIpc) is 3.76. The van der Waals surface area contributed by atoms with E-state index in [0.717, 1.165) is 48.2 Å². The number of imidazole rings is 1. The molecule has 1 aliphatic rings. The number of nitrogens with two attached hydrogens (primary N) is 1. The number of aliphatic hydroxyl groups excluding tert-OH is 2. The monoisotopic (exact) mass is 987 g/mol. The lowest BCUT2D eigenvalue weighted by Gasteiger charge is -2.30. The van der Waals surface area contributed by atoms with Gasteiger partial charge >= 0.3 is 23.5 Å². The number of ether oxygens (including phenoxy) is 1. The largest absolute Gasteiger partial charge is 0.481 e. The number of unbranched alkanes of at least 4 members (excludes halogenated alkanes) is 3. The molecule has 7 atom stereocenters. The third-order valence-electron chi connectivity index (χ3n) is 9.03. The van der Waals surface area contributed by atoms with E-state index in [1.165, 1.54) is 20.3 Å². The second kappa shape index (κ2) is 25.6. The van der Waals surface area contributed by atoms with Crippen LogP contribution in [0.5, 0.6) is 0 Å². The van der Waals surface area contributed by atoms with Crippen molar-refractivity contribution < 1.29 is 85.3 Å². The number of anilines is 1. The van der Waals surface area contributed by atoms with Gasteiger partial charge in [-0.25, -0.2) is 28.6 Å². The van der Waals surface area contributed by atoms with Crippen LogP contribution < -0.4 is 16.4 Å². The molecule has 1 aliphatic heterocycles. The fourth-order valence-electron chi connectivity index (χ4n) is 5.70. The number of carbonyl (C=O) groups is 4. The van der Waals surface area contributed by atoms with Crippen molar-refractivity contribution in [1.82, 2.24) is 30.2 Å². The van der Waals surface area contributed by atoms with Crippen molar-refractivity contribution in [3.05, 3.63) is 37.0 Å². The predicted molar refractivity (Wildman–Crippen MR) is 228 cm³/mol. The quantitative estimate of drug-likeness (QED) is 0.0244. The van der Waals surface area contributed by atoms with Gasteiger partial charge in [-0.15, -0.1) is 0 Å². The van der Waals surface area contributed by atoms with Crippen LogP contribution in [0.15, 0.2) is 37.0 Å². The van der Waals surface area contributed by atoms with E-state index in [9.17, 15) is 62.7 Å². The number of Topliss-reactive ketones (excluding diaryl/α,β-unsaturated/α-hetero) is 1. The molecular weight excluding hydrogens is 931 g/mol. The molecule has 0 aromatic carbocycles. The molecule has 10 N–H and O–H groups in total. The number of carbonyl (C=O) groups excluding carboxylic acids is 4. The zero-order chi connectivity index (χ0) is 47.7. The van der Waals surface area contributed by atoms with Gasteiger partial charge in [0.1, 0.15) is 42.0 Å². The molecule has 0 spiro atoms. The third-order valence-corrected chi connectivity index (χ3v) is 13.0. The molecule has 2 amide bonds. The van der Waals surface area contributed by atoms with Crippen LogP contribution in [-0.4, -0.2) is 128 Å². The van der Waals surface area contributed by atoms with Crippen LogP contribution in [0.2, 0.25) is 0 Å². The minimum Gasteiger partial charge on any atom is -0.386 e. The van der Waals surface area contributed by atoms with Gasteiger partial charge in [-0.1, -0.05) is 69.7 Å². The van der Waals surface area contributed by atoms with Crippen molar-refractivity contribution in [1.29, 1.82) is 0 Å². The Bertz CT molecular complexity index is 2100. The number of fused-ring (bicyclic) bond motifs is 1. The number of phosphoric acid groups is 3. The summed E-state index contributed by atoms with van der Waals surface area (Å²) in [5, 5.41) is 26.1. The van der Waals surface area contributed by atoms with Gasteiger partial charge < -0.3 is 50.9 Å². The number of allylic oxidation sites excluding steroid dienone is 4. The van der Waals surface area contributed by atoms with E-state index in [1.54, 1.807) is 6.08 Å². The highest BCUT2D eigenvalue weighted by atomic mass is 32.2. The maximum atomic E-state index is 12.7. The standard InChI is InChI=1S/C35H56N7O18P3S/c1-4-5-6-7-8-9-10-11-12-13-23(43)18-26(45)64-17-16-37-25(44)14-15-38-33(48)30(47)35(2,3)20-57-63(54,55)60-62(52,53)56-19-24-29(59-61(49,50)51)28(46)34(58-24)42-22-41-27-31(36)39-21-40-32(27)42/h8-9,11-12,21-22,24,28-30,34,46-47H,4-7,10,13-20H2,1-3H3,(H,37,44)(H,38,48)(H,52,53)(H,54,55)(H2,36,39,40)(H2,49,50,51)/b9-8-,12-11-/t24-,28-,29-,30+,34-/m1/s1. The highest BCUT2D eigenvalue weighted by Crippen LogP contribution is 2.61. The first-order valence-electron chi connectivity index (χ1n) is 19.8. The summed E-state index contributed by atoms with van der Waals surface area (Å²) < 4.78 is 62.3. The number of rotatable bonds is 29. The van der Waals surface area contributed by atoms with Crippen LogP contribution in [0.4, 0.5) is 5.82 Å². The first-order valence-corrected chi connectivity index (χ1v) is 25.3. The maximum Gasteiger partial charge on any atom is 0.481 e. The summed E-state index contributed by atoms with van der Waals surface area (Å²) in [4.78, 5) is 100. The molecule has 64 heavy (non-hydrogen) atoms. The average molecular weight is 988 g/mol. The lowest BCUT2D eigenvalue weighted by molar-refractivity contribution is -0.137. The number of nitrogens with one attached hydrogen (secondary N) is 2. The molecule has 2 unspecified atom stereocenters. The fourth-order valence-corrected chi connectivity index (χ4v) is 9.22. The number of thioether (sulfide) groups is 1. The van der Waals surface area contributed by atoms with Crippen LogP contribution in [0.1, 0.15) is 78.4 Å². The second-order valence-electron chi connectivity index (χ2n) is 14.9. The molecule has 0 bridgehead atoms. The van der Waals surface area contributed by atoms with E-state index in [2.05, 4.69) is 47.4 Å². The van der Waals surface area contributed by atoms with Gasteiger partial charge in [-0.2, -0.15) is 4.31 Å². The summed E-state index contributed by atoms with van der Waals surface area (Å²) in [6.45, 7) is 2.43. The first-order chi connectivity index (χ1) is 29.9. The normalized spacial score (nSPS) is 20.6. The Balaban J connectivity index is 1.38. The van der Waals surface area contributed by atoms with Gasteiger partial charge in [0.05, 0.1) is 26.0 Å². The zero-order valence-electron chi connectivity index (χ0n) is 35.2. The summed E-state index contributed by atoms with van der Waals surface area (Å²) in [5.74, 6) is -1.56. The maximum absolute atomic E-state index is 12.7. The number of nitrogens with zero attached hydrogens (tertiary/aromatic N) is 4. The second-order valence-corrected chi connectivity index (χ2v) is 20.3. The number of phosphoric ester groups is 3. The van der Waals surface area contributed by atoms with Crippen molar-refractivity contribution in [2.45, 2.75) is 103 Å². The van der Waals surface area contributed by atoms with Gasteiger partial charge in [-0.3, -0.25) is 37.3 Å². The van der Waals surface area contributed by atoms with Crippen LogP contribution >= 0.6 is 35.2 Å². The fraction of sp³-hybridized carbons (Fsp3) is 0.629. The minimum atomic E-state index is -5.59. The summed E-state index contributed by atoms with van der Waals surface area (Å²) >= 11 is 0.899. The SMILES string of the molecule is CCCCC/C=C\C/C=C\CC(=O)CC(=O)SCCNC(=O)CCNC(=O)[C@H](O)C(C)(C)COP(=O)(O)OP(=O)(O)OC[C@H]1O[C@@H](n2cnc3c(N)ncnc32)[C@H](O)[C@@H]1OP(=O)(O)O. The Kier molecular flexibility index (Phi) is 22.0. The van der Waals surface area contributed by atoms with E-state index in [0.29, 0.717) is 6.42 Å². The van der Waals surface area contributed by atoms with Gasteiger partial charge in [0.25, 0.3) is 0 Å². The number of aromatic nitrogens is 4. The minimum absolute atomic E-state index is 0.0237. The summed E-state index contributed by atoms with van der Waals surface area (Å²) in [6, 6.07) is 0. The Morgan fingerprint density at radius 2 is 1.70 bits per heavy atom. The molecule has 0 aliphatic carbocycles. The first kappa shape index (κ1) is 55.0. The van der Waals surface area contributed by atoms with Crippen LogP contribution in [0.3, 0.4) is 0 Å². The summed E-state index contributed by atoms with van der Waals surface area (Å²) in [5.41, 5.74) is 4.23. The van der Waals surface area contributed by atoms with Crippen molar-refractivity contribution in [3.63, 3.8) is 0 Å². The Morgan fingerprint density at radius 3 is 2.41 bits per heavy atom. The van der Waals surface area contributed by atoms with E-state index < -0.39 is 84.6 Å². The number of aliphatic hydroxyl groups is 2. The molecule has 3 rings (SSSR count). The Labute approximate surface area is 372 Å². The zero-order valence-corrected chi connectivity index (χ0v) is 38.7.